The largest absolute Gasteiger partial charge is 0.493 e. The number of primary amides is 1. The molecule has 3 aromatic rings. The average molecular weight is 402 g/mol. The van der Waals surface area contributed by atoms with E-state index in [1.54, 1.807) is 26.4 Å². The van der Waals surface area contributed by atoms with Crippen molar-refractivity contribution in [2.45, 2.75) is 19.0 Å². The summed E-state index contributed by atoms with van der Waals surface area (Å²) in [6.45, 7) is 1.69. The van der Waals surface area contributed by atoms with Crippen LogP contribution >= 0.6 is 0 Å². The quantitative estimate of drug-likeness (QED) is 0.678. The van der Waals surface area contributed by atoms with Gasteiger partial charge >= 0.3 is 0 Å². The van der Waals surface area contributed by atoms with E-state index in [0.29, 0.717) is 5.56 Å². The third-order valence-electron chi connectivity index (χ3n) is 5.71. The van der Waals surface area contributed by atoms with Gasteiger partial charge in [0.2, 0.25) is 5.91 Å². The van der Waals surface area contributed by atoms with Gasteiger partial charge < -0.3 is 15.2 Å². The van der Waals surface area contributed by atoms with Crippen molar-refractivity contribution < 1.29 is 14.3 Å². The van der Waals surface area contributed by atoms with E-state index in [9.17, 15) is 4.79 Å². The summed E-state index contributed by atoms with van der Waals surface area (Å²) in [7, 11) is 3.34. The Morgan fingerprint density at radius 1 is 1.00 bits per heavy atom. The third kappa shape index (κ3) is 3.89. The van der Waals surface area contributed by atoms with Gasteiger partial charge in [-0.3, -0.25) is 9.69 Å². The second kappa shape index (κ2) is 8.59. The molecule has 0 radical (unpaired) electrons. The second-order valence-corrected chi connectivity index (χ2v) is 7.50. The van der Waals surface area contributed by atoms with Crippen LogP contribution in [0.3, 0.4) is 0 Å². The number of carbonyl (C=O) groups is 1. The van der Waals surface area contributed by atoms with Crippen LogP contribution in [0.15, 0.2) is 66.7 Å². The summed E-state index contributed by atoms with van der Waals surface area (Å²) in [6, 6.07) is 22.4. The lowest BCUT2D eigenvalue weighted by atomic mass is 9.87. The zero-order chi connectivity index (χ0) is 21.1. The van der Waals surface area contributed by atoms with E-state index in [1.165, 1.54) is 16.7 Å². The van der Waals surface area contributed by atoms with Crippen LogP contribution in [0.5, 0.6) is 11.5 Å². The standard InChI is InChI=1S/C25H26N2O3/c1-29-22-14-20-12-13-27(16-17-8-10-19(11-9-17)25(26)28)24(18-6-4-3-5-7-18)21(20)15-23(22)30-2/h3-11,14-15,24H,12-13,16H2,1-2H3,(H2,26,28)/t24-/m0/s1. The number of ether oxygens (including phenoxy) is 2. The normalized spacial score (nSPS) is 16.0. The van der Waals surface area contributed by atoms with Crippen molar-refractivity contribution >= 4 is 5.91 Å². The Bertz CT molecular complexity index is 1030. The number of nitrogens with zero attached hydrogens (tertiary/aromatic N) is 1. The molecule has 0 bridgehead atoms. The highest BCUT2D eigenvalue weighted by atomic mass is 16.5. The molecule has 1 aliphatic heterocycles. The van der Waals surface area contributed by atoms with Gasteiger partial charge in [0.1, 0.15) is 0 Å². The minimum atomic E-state index is -0.406. The molecule has 0 aliphatic carbocycles. The number of methoxy groups -OCH3 is 2. The van der Waals surface area contributed by atoms with E-state index < -0.39 is 5.91 Å². The Morgan fingerprint density at radius 3 is 2.30 bits per heavy atom. The highest BCUT2D eigenvalue weighted by molar-refractivity contribution is 5.92. The highest BCUT2D eigenvalue weighted by Crippen LogP contribution is 2.41. The summed E-state index contributed by atoms with van der Waals surface area (Å²) in [5, 5.41) is 0. The highest BCUT2D eigenvalue weighted by Gasteiger charge is 2.30. The molecule has 3 aromatic carbocycles. The van der Waals surface area contributed by atoms with Crippen molar-refractivity contribution in [1.29, 1.82) is 0 Å². The molecule has 0 spiro atoms. The first-order valence-electron chi connectivity index (χ1n) is 10.0. The monoisotopic (exact) mass is 402 g/mol. The van der Waals surface area contributed by atoms with Gasteiger partial charge in [-0.25, -0.2) is 0 Å². The molecule has 2 N–H and O–H groups in total. The lowest BCUT2D eigenvalue weighted by Crippen LogP contribution is -2.35. The first-order chi connectivity index (χ1) is 14.6. The molecule has 5 heteroatoms. The van der Waals surface area contributed by atoms with Crippen molar-refractivity contribution in [2.75, 3.05) is 20.8 Å². The number of carbonyl (C=O) groups excluding carboxylic acids is 1. The molecule has 5 nitrogen and oxygen atoms in total. The summed E-state index contributed by atoms with van der Waals surface area (Å²) >= 11 is 0. The van der Waals surface area contributed by atoms with E-state index in [0.717, 1.165) is 36.6 Å². The van der Waals surface area contributed by atoms with Gasteiger partial charge in [0, 0.05) is 18.7 Å². The van der Waals surface area contributed by atoms with Gasteiger partial charge in [-0.15, -0.1) is 0 Å². The molecule has 1 atom stereocenters. The van der Waals surface area contributed by atoms with E-state index in [2.05, 4.69) is 41.3 Å². The summed E-state index contributed by atoms with van der Waals surface area (Å²) in [6.07, 6.45) is 0.929. The summed E-state index contributed by atoms with van der Waals surface area (Å²) in [5.74, 6) is 1.10. The molecule has 0 aromatic heterocycles. The summed E-state index contributed by atoms with van der Waals surface area (Å²) in [5.41, 5.74) is 10.8. The summed E-state index contributed by atoms with van der Waals surface area (Å²) in [4.78, 5) is 13.8. The topological polar surface area (TPSA) is 64.8 Å². The molecule has 30 heavy (non-hydrogen) atoms. The number of hydrogen-bond acceptors (Lipinski definition) is 4. The fourth-order valence-corrected chi connectivity index (χ4v) is 4.20. The van der Waals surface area contributed by atoms with E-state index in [4.69, 9.17) is 15.2 Å². The second-order valence-electron chi connectivity index (χ2n) is 7.50. The van der Waals surface area contributed by atoms with Crippen molar-refractivity contribution in [3.05, 3.63) is 94.5 Å². The maximum absolute atomic E-state index is 11.4. The van der Waals surface area contributed by atoms with Gasteiger partial charge in [-0.2, -0.15) is 0 Å². The van der Waals surface area contributed by atoms with Crippen LogP contribution < -0.4 is 15.2 Å². The van der Waals surface area contributed by atoms with Crippen molar-refractivity contribution in [3.8, 4) is 11.5 Å². The average Bonchev–Trinajstić information content (AvgIpc) is 2.79. The van der Waals surface area contributed by atoms with Gasteiger partial charge in [-0.1, -0.05) is 42.5 Å². The number of benzene rings is 3. The molecule has 0 saturated heterocycles. The zero-order valence-corrected chi connectivity index (χ0v) is 17.3. The zero-order valence-electron chi connectivity index (χ0n) is 17.3. The van der Waals surface area contributed by atoms with Crippen molar-refractivity contribution in [3.63, 3.8) is 0 Å². The molecule has 0 unspecified atom stereocenters. The molecule has 0 saturated carbocycles. The maximum Gasteiger partial charge on any atom is 0.248 e. The summed E-state index contributed by atoms with van der Waals surface area (Å²) < 4.78 is 11.1. The van der Waals surface area contributed by atoms with Crippen LogP contribution in [0.2, 0.25) is 0 Å². The van der Waals surface area contributed by atoms with Crippen LogP contribution in [0.4, 0.5) is 0 Å². The fourth-order valence-electron chi connectivity index (χ4n) is 4.20. The van der Waals surface area contributed by atoms with Crippen LogP contribution in [0.1, 0.15) is 38.7 Å². The van der Waals surface area contributed by atoms with Crippen LogP contribution in [0.25, 0.3) is 0 Å². The van der Waals surface area contributed by atoms with Gasteiger partial charge in [0.25, 0.3) is 0 Å². The Labute approximate surface area is 177 Å². The first kappa shape index (κ1) is 20.0. The Hall–Kier alpha value is -3.31. The van der Waals surface area contributed by atoms with Crippen LogP contribution in [-0.2, 0) is 13.0 Å². The molecule has 0 fully saturated rings. The van der Waals surface area contributed by atoms with Crippen LogP contribution in [0, 0.1) is 0 Å². The lowest BCUT2D eigenvalue weighted by molar-refractivity contribution is 0.1000. The lowest BCUT2D eigenvalue weighted by Gasteiger charge is -2.38. The smallest absolute Gasteiger partial charge is 0.248 e. The van der Waals surface area contributed by atoms with Crippen LogP contribution in [-0.4, -0.2) is 31.6 Å². The Morgan fingerprint density at radius 2 is 1.67 bits per heavy atom. The predicted octanol–water partition coefficient (Wildman–Crippen LogP) is 3.95. The predicted molar refractivity (Wildman–Crippen MR) is 117 cm³/mol. The number of rotatable bonds is 6. The fraction of sp³-hybridized carbons (Fsp3) is 0.240. The van der Waals surface area contributed by atoms with E-state index in [1.807, 2.05) is 18.2 Å². The molecule has 154 valence electrons. The Kier molecular flexibility index (Phi) is 5.72. The molecule has 1 aliphatic rings. The molecule has 4 rings (SSSR count). The number of hydrogen-bond donors (Lipinski definition) is 1. The van der Waals surface area contributed by atoms with Crippen molar-refractivity contribution in [1.82, 2.24) is 4.90 Å². The number of nitrogens with two attached hydrogens (primary N) is 1. The molecule has 1 heterocycles. The van der Waals surface area contributed by atoms with Gasteiger partial charge in [-0.05, 0) is 52.9 Å². The van der Waals surface area contributed by atoms with Gasteiger partial charge in [0.15, 0.2) is 11.5 Å². The van der Waals surface area contributed by atoms with Crippen molar-refractivity contribution in [2.24, 2.45) is 5.73 Å². The first-order valence-corrected chi connectivity index (χ1v) is 10.0. The minimum Gasteiger partial charge on any atom is -0.493 e. The van der Waals surface area contributed by atoms with Gasteiger partial charge in [0.05, 0.1) is 20.3 Å². The van der Waals surface area contributed by atoms with E-state index >= 15 is 0 Å². The van der Waals surface area contributed by atoms with E-state index in [-0.39, 0.29) is 6.04 Å². The maximum atomic E-state index is 11.4. The number of fused-ring (bicyclic) bond motifs is 1. The molecular weight excluding hydrogens is 376 g/mol. The molecular formula is C25H26N2O3. The SMILES string of the molecule is COc1cc2c(cc1OC)[C@H](c1ccccc1)N(Cc1ccc(C(N)=O)cc1)CC2. The number of amides is 1. The molecule has 1 amide bonds. The minimum absolute atomic E-state index is 0.102. The Balaban J connectivity index is 1.73. The third-order valence-corrected chi connectivity index (χ3v) is 5.71.